The van der Waals surface area contributed by atoms with Crippen molar-refractivity contribution >= 4 is 21.4 Å². The van der Waals surface area contributed by atoms with Gasteiger partial charge < -0.3 is 19.5 Å². The Kier molecular flexibility index (Phi) is 5.00. The molecule has 0 radical (unpaired) electrons. The van der Waals surface area contributed by atoms with Crippen LogP contribution in [0, 0.1) is 0 Å². The first-order valence-electron chi connectivity index (χ1n) is 9.46. The quantitative estimate of drug-likeness (QED) is 0.833. The highest BCUT2D eigenvalue weighted by molar-refractivity contribution is 7.93. The van der Waals surface area contributed by atoms with E-state index in [1.165, 1.54) is 7.11 Å². The Balaban J connectivity index is 1.63. The molecule has 1 N–H and O–H groups in total. The summed E-state index contributed by atoms with van der Waals surface area (Å²) in [5, 5.41) is 11.1. The summed E-state index contributed by atoms with van der Waals surface area (Å²) in [5.41, 5.74) is 0.627. The van der Waals surface area contributed by atoms with Gasteiger partial charge in [0.25, 0.3) is 0 Å². The summed E-state index contributed by atoms with van der Waals surface area (Å²) in [6.07, 6.45) is 2.71. The van der Waals surface area contributed by atoms with Crippen LogP contribution >= 0.6 is 0 Å². The molecule has 0 spiro atoms. The Bertz CT molecular complexity index is 1070. The Morgan fingerprint density at radius 3 is 2.31 bits per heavy atom. The van der Waals surface area contributed by atoms with Crippen LogP contribution in [0.4, 0.5) is 5.69 Å². The standard InChI is InChI=1S/C21H25N3O4S/c1-27-17-13-16-19(14-18(17)28-2)29(3,26)23-20(22-16)24-11-9-21(25,10-12-24)15-7-5-4-6-8-15/h4-8,13-14,25H,9-12H2,1-3H3. The van der Waals surface area contributed by atoms with Gasteiger partial charge in [0.2, 0.25) is 5.96 Å². The number of ether oxygens (including phenoxy) is 2. The Morgan fingerprint density at radius 1 is 1.07 bits per heavy atom. The van der Waals surface area contributed by atoms with Gasteiger partial charge in [0.05, 0.1) is 40.1 Å². The number of likely N-dealkylation sites (tertiary alicyclic amines) is 1. The Labute approximate surface area is 171 Å². The third-order valence-electron chi connectivity index (χ3n) is 5.53. The van der Waals surface area contributed by atoms with Gasteiger partial charge in [-0.1, -0.05) is 30.3 Å². The van der Waals surface area contributed by atoms with Gasteiger partial charge in [0.1, 0.15) is 0 Å². The molecule has 0 aliphatic carbocycles. The highest BCUT2D eigenvalue weighted by Gasteiger charge is 2.36. The second-order valence-electron chi connectivity index (χ2n) is 7.37. The molecule has 2 heterocycles. The van der Waals surface area contributed by atoms with E-state index >= 15 is 0 Å². The summed E-state index contributed by atoms with van der Waals surface area (Å²) in [5.74, 6) is 1.47. The molecule has 1 saturated heterocycles. The van der Waals surface area contributed by atoms with Crippen LogP contribution in [-0.4, -0.2) is 53.7 Å². The molecular weight excluding hydrogens is 390 g/mol. The molecule has 0 bridgehead atoms. The molecule has 2 aliphatic rings. The lowest BCUT2D eigenvalue weighted by molar-refractivity contribution is -0.0123. The number of piperidine rings is 1. The van der Waals surface area contributed by atoms with Crippen LogP contribution in [-0.2, 0) is 15.3 Å². The molecular formula is C21H25N3O4S. The van der Waals surface area contributed by atoms with Crippen molar-refractivity contribution in [3.8, 4) is 11.5 Å². The van der Waals surface area contributed by atoms with Gasteiger partial charge >= 0.3 is 0 Å². The number of fused-ring (bicyclic) bond motifs is 1. The van der Waals surface area contributed by atoms with Gasteiger partial charge in [-0.15, -0.1) is 0 Å². The minimum Gasteiger partial charge on any atom is -0.493 e. The fourth-order valence-corrected chi connectivity index (χ4v) is 5.20. The SMILES string of the molecule is COc1cc2c(cc1OC)S(C)(=O)=NC(N1CCC(O)(c3ccccc3)CC1)=N2. The van der Waals surface area contributed by atoms with Crippen molar-refractivity contribution in [2.45, 2.75) is 23.3 Å². The molecule has 1 unspecified atom stereocenters. The largest absolute Gasteiger partial charge is 0.493 e. The second-order valence-corrected chi connectivity index (χ2v) is 9.59. The fourth-order valence-electron chi connectivity index (χ4n) is 3.82. The topological polar surface area (TPSA) is 83.7 Å². The van der Waals surface area contributed by atoms with E-state index in [4.69, 9.17) is 9.47 Å². The zero-order valence-corrected chi connectivity index (χ0v) is 17.6. The molecule has 0 saturated carbocycles. The van der Waals surface area contributed by atoms with Gasteiger partial charge in [-0.05, 0) is 18.4 Å². The van der Waals surface area contributed by atoms with Crippen LogP contribution in [0.5, 0.6) is 11.5 Å². The van der Waals surface area contributed by atoms with E-state index in [-0.39, 0.29) is 0 Å². The first-order valence-corrected chi connectivity index (χ1v) is 11.4. The van der Waals surface area contributed by atoms with Crippen LogP contribution in [0.3, 0.4) is 0 Å². The lowest BCUT2D eigenvalue weighted by Crippen LogP contribution is -2.45. The van der Waals surface area contributed by atoms with Crippen molar-refractivity contribution in [2.75, 3.05) is 33.6 Å². The second kappa shape index (κ2) is 7.35. The van der Waals surface area contributed by atoms with Crippen molar-refractivity contribution in [1.29, 1.82) is 0 Å². The Morgan fingerprint density at radius 2 is 1.69 bits per heavy atom. The van der Waals surface area contributed by atoms with Crippen molar-refractivity contribution < 1.29 is 18.8 Å². The van der Waals surface area contributed by atoms with Gasteiger partial charge in [-0.2, -0.15) is 4.36 Å². The van der Waals surface area contributed by atoms with Gasteiger partial charge in [-0.25, -0.2) is 9.20 Å². The molecule has 29 heavy (non-hydrogen) atoms. The number of rotatable bonds is 3. The van der Waals surface area contributed by atoms with E-state index in [1.807, 2.05) is 35.2 Å². The predicted molar refractivity (Wildman–Crippen MR) is 113 cm³/mol. The summed E-state index contributed by atoms with van der Waals surface area (Å²) in [7, 11) is 0.421. The van der Waals surface area contributed by atoms with Crippen LogP contribution in [0.15, 0.2) is 56.7 Å². The van der Waals surface area contributed by atoms with Crippen LogP contribution in [0.2, 0.25) is 0 Å². The van der Waals surface area contributed by atoms with Gasteiger partial charge in [-0.3, -0.25) is 0 Å². The van der Waals surface area contributed by atoms with Gasteiger partial charge in [0, 0.05) is 31.5 Å². The van der Waals surface area contributed by atoms with Crippen molar-refractivity contribution in [1.82, 2.24) is 4.90 Å². The maximum atomic E-state index is 13.3. The molecule has 1 fully saturated rings. The smallest absolute Gasteiger partial charge is 0.234 e. The molecule has 1 atom stereocenters. The van der Waals surface area contributed by atoms with E-state index in [2.05, 4.69) is 9.36 Å². The highest BCUT2D eigenvalue weighted by atomic mass is 32.2. The number of nitrogens with zero attached hydrogens (tertiary/aromatic N) is 3. The van der Waals surface area contributed by atoms with Crippen LogP contribution in [0.1, 0.15) is 18.4 Å². The lowest BCUT2D eigenvalue weighted by atomic mass is 9.84. The summed E-state index contributed by atoms with van der Waals surface area (Å²) in [4.78, 5) is 7.17. The lowest BCUT2D eigenvalue weighted by Gasteiger charge is -2.39. The monoisotopic (exact) mass is 415 g/mol. The maximum Gasteiger partial charge on any atom is 0.234 e. The molecule has 4 rings (SSSR count). The number of hydrogen-bond donors (Lipinski definition) is 1. The summed E-state index contributed by atoms with van der Waals surface area (Å²) in [6, 6.07) is 13.1. The third kappa shape index (κ3) is 3.58. The number of benzene rings is 2. The van der Waals surface area contributed by atoms with E-state index in [0.717, 1.165) is 5.56 Å². The molecule has 2 aromatic rings. The zero-order chi connectivity index (χ0) is 20.6. The average Bonchev–Trinajstić information content (AvgIpc) is 2.73. The minimum absolute atomic E-state index is 0.437. The van der Waals surface area contributed by atoms with E-state index in [1.54, 1.807) is 25.5 Å². The fraction of sp³-hybridized carbons (Fsp3) is 0.381. The average molecular weight is 416 g/mol. The normalized spacial score (nSPS) is 22.9. The molecule has 8 heteroatoms. The van der Waals surface area contributed by atoms with Crippen molar-refractivity contribution in [3.63, 3.8) is 0 Å². The van der Waals surface area contributed by atoms with E-state index in [9.17, 15) is 9.32 Å². The molecule has 2 aromatic carbocycles. The van der Waals surface area contributed by atoms with Crippen molar-refractivity contribution in [3.05, 3.63) is 48.0 Å². The number of guanidine groups is 1. The molecule has 0 amide bonds. The number of aliphatic imine (C=N–C) groups is 1. The molecule has 7 nitrogen and oxygen atoms in total. The van der Waals surface area contributed by atoms with E-state index < -0.39 is 15.3 Å². The van der Waals surface area contributed by atoms with Crippen LogP contribution in [0.25, 0.3) is 0 Å². The number of methoxy groups -OCH3 is 2. The predicted octanol–water partition coefficient (Wildman–Crippen LogP) is 3.15. The molecule has 0 aromatic heterocycles. The maximum absolute atomic E-state index is 13.3. The molecule has 154 valence electrons. The highest BCUT2D eigenvalue weighted by Crippen LogP contribution is 2.40. The summed E-state index contributed by atoms with van der Waals surface area (Å²) < 4.78 is 28.4. The van der Waals surface area contributed by atoms with Crippen LogP contribution < -0.4 is 9.47 Å². The first kappa shape index (κ1) is 19.7. The zero-order valence-electron chi connectivity index (χ0n) is 16.8. The number of hydrogen-bond acceptors (Lipinski definition) is 7. The minimum atomic E-state index is -2.67. The molecule has 2 aliphatic heterocycles. The summed E-state index contributed by atoms with van der Waals surface area (Å²) >= 11 is 0. The van der Waals surface area contributed by atoms with E-state index in [0.29, 0.717) is 54.0 Å². The third-order valence-corrected chi connectivity index (χ3v) is 7.19. The first-order chi connectivity index (χ1) is 13.9. The number of aliphatic hydroxyl groups is 1. The van der Waals surface area contributed by atoms with Crippen molar-refractivity contribution in [2.24, 2.45) is 9.36 Å². The Hall–Kier alpha value is -2.58. The summed E-state index contributed by atoms with van der Waals surface area (Å²) in [6.45, 7) is 1.15. The van der Waals surface area contributed by atoms with Gasteiger partial charge in [0.15, 0.2) is 11.5 Å².